The van der Waals surface area contributed by atoms with E-state index in [0.717, 1.165) is 12.3 Å². The lowest BCUT2D eigenvalue weighted by atomic mass is 10.0. The fourth-order valence-electron chi connectivity index (χ4n) is 1.66. The molecule has 0 radical (unpaired) electrons. The van der Waals surface area contributed by atoms with Gasteiger partial charge >= 0.3 is 0 Å². The fraction of sp³-hybridized carbons (Fsp3) is 0.600. The lowest BCUT2D eigenvalue weighted by Crippen LogP contribution is -2.37. The molecule has 0 aromatic carbocycles. The van der Waals surface area contributed by atoms with Crippen molar-refractivity contribution in [1.29, 1.82) is 0 Å². The maximum Gasteiger partial charge on any atom is 0.0253 e. The molecule has 1 unspecified atom stereocenters. The number of hydrogen-bond acceptors (Lipinski definition) is 3. The second kappa shape index (κ2) is 4.22. The van der Waals surface area contributed by atoms with Crippen LogP contribution in [0.2, 0.25) is 0 Å². The number of nitrogens with two attached hydrogens (primary N) is 1. The topological polar surface area (TPSA) is 38.0 Å². The van der Waals surface area contributed by atoms with Crippen molar-refractivity contribution in [2.45, 2.75) is 31.7 Å². The molecule has 2 rings (SSSR count). The van der Waals surface area contributed by atoms with Crippen molar-refractivity contribution in [2.75, 3.05) is 0 Å². The summed E-state index contributed by atoms with van der Waals surface area (Å²) in [4.78, 5) is 0. The van der Waals surface area contributed by atoms with Crippen LogP contribution in [0.1, 0.15) is 24.8 Å². The minimum Gasteiger partial charge on any atom is -0.271 e. The molecule has 1 heterocycles. The van der Waals surface area contributed by atoms with E-state index in [9.17, 15) is 0 Å². The lowest BCUT2D eigenvalue weighted by molar-refractivity contribution is 0.466. The van der Waals surface area contributed by atoms with Crippen molar-refractivity contribution in [2.24, 2.45) is 11.8 Å². The average molecular weight is 196 g/mol. The zero-order chi connectivity index (χ0) is 9.10. The average Bonchev–Trinajstić information content (AvgIpc) is 2.80. The molecule has 0 amide bonds. The molecule has 1 atom stereocenters. The number of thiophene rings is 1. The minimum absolute atomic E-state index is 0.474. The molecule has 0 spiro atoms. The van der Waals surface area contributed by atoms with Crippen LogP contribution in [0.15, 0.2) is 16.8 Å². The van der Waals surface area contributed by atoms with Crippen LogP contribution in [0.3, 0.4) is 0 Å². The van der Waals surface area contributed by atoms with Gasteiger partial charge in [0.05, 0.1) is 0 Å². The summed E-state index contributed by atoms with van der Waals surface area (Å²) in [6.07, 6.45) is 5.13. The van der Waals surface area contributed by atoms with Gasteiger partial charge < -0.3 is 0 Å². The summed E-state index contributed by atoms with van der Waals surface area (Å²) in [5, 5.41) is 4.33. The Morgan fingerprint density at radius 2 is 2.46 bits per heavy atom. The van der Waals surface area contributed by atoms with Crippen LogP contribution in [0, 0.1) is 5.92 Å². The number of hydrogen-bond donors (Lipinski definition) is 2. The van der Waals surface area contributed by atoms with Crippen molar-refractivity contribution < 1.29 is 0 Å². The SMILES string of the molecule is NNC(Cc1ccsc1)CC1CC1. The summed E-state index contributed by atoms with van der Waals surface area (Å²) in [6, 6.07) is 2.66. The highest BCUT2D eigenvalue weighted by Crippen LogP contribution is 2.34. The van der Waals surface area contributed by atoms with E-state index in [1.54, 1.807) is 11.3 Å². The standard InChI is InChI=1S/C10H16N2S/c11-12-10(5-8-1-2-8)6-9-3-4-13-7-9/h3-4,7-8,10,12H,1-2,5-6,11H2. The largest absolute Gasteiger partial charge is 0.271 e. The summed E-state index contributed by atoms with van der Waals surface area (Å²) in [5.74, 6) is 6.46. The highest BCUT2D eigenvalue weighted by Gasteiger charge is 2.24. The van der Waals surface area contributed by atoms with Gasteiger partial charge in [-0.15, -0.1) is 0 Å². The zero-order valence-corrected chi connectivity index (χ0v) is 8.52. The molecule has 3 heteroatoms. The van der Waals surface area contributed by atoms with E-state index in [1.807, 2.05) is 0 Å². The molecule has 3 N–H and O–H groups in total. The van der Waals surface area contributed by atoms with Crippen LogP contribution < -0.4 is 11.3 Å². The Labute approximate surface area is 83.1 Å². The minimum atomic E-state index is 0.474. The molecule has 13 heavy (non-hydrogen) atoms. The van der Waals surface area contributed by atoms with E-state index < -0.39 is 0 Å². The number of rotatable bonds is 5. The summed E-state index contributed by atoms with van der Waals surface area (Å²) in [7, 11) is 0. The van der Waals surface area contributed by atoms with Crippen molar-refractivity contribution in [3.63, 3.8) is 0 Å². The van der Waals surface area contributed by atoms with Crippen LogP contribution in [0.4, 0.5) is 0 Å². The van der Waals surface area contributed by atoms with E-state index in [2.05, 4.69) is 22.3 Å². The van der Waals surface area contributed by atoms with E-state index in [-0.39, 0.29) is 0 Å². The second-order valence-electron chi connectivity index (χ2n) is 3.88. The third-order valence-corrected chi connectivity index (χ3v) is 3.34. The van der Waals surface area contributed by atoms with Gasteiger partial charge in [-0.25, -0.2) is 0 Å². The second-order valence-corrected chi connectivity index (χ2v) is 4.66. The fourth-order valence-corrected chi connectivity index (χ4v) is 2.34. The first-order chi connectivity index (χ1) is 6.38. The van der Waals surface area contributed by atoms with Gasteiger partial charge in [0.1, 0.15) is 0 Å². The molecular formula is C10H16N2S. The van der Waals surface area contributed by atoms with Gasteiger partial charge in [-0.1, -0.05) is 12.8 Å². The third-order valence-electron chi connectivity index (χ3n) is 2.61. The highest BCUT2D eigenvalue weighted by molar-refractivity contribution is 7.07. The van der Waals surface area contributed by atoms with Gasteiger partial charge in [0.2, 0.25) is 0 Å². The van der Waals surface area contributed by atoms with Crippen LogP contribution in [0.5, 0.6) is 0 Å². The Balaban J connectivity index is 1.82. The third kappa shape index (κ3) is 2.79. The molecule has 2 nitrogen and oxygen atoms in total. The summed E-state index contributed by atoms with van der Waals surface area (Å²) in [6.45, 7) is 0. The predicted molar refractivity (Wildman–Crippen MR) is 56.5 cm³/mol. The number of nitrogens with one attached hydrogen (secondary N) is 1. The van der Waals surface area contributed by atoms with Crippen molar-refractivity contribution in [1.82, 2.24) is 5.43 Å². The Kier molecular flexibility index (Phi) is 2.98. The smallest absolute Gasteiger partial charge is 0.0253 e. The Morgan fingerprint density at radius 3 is 3.00 bits per heavy atom. The molecule has 0 bridgehead atoms. The van der Waals surface area contributed by atoms with Crippen molar-refractivity contribution in [3.05, 3.63) is 22.4 Å². The van der Waals surface area contributed by atoms with Crippen molar-refractivity contribution in [3.8, 4) is 0 Å². The lowest BCUT2D eigenvalue weighted by Gasteiger charge is -2.14. The normalized spacial score (nSPS) is 18.8. The maximum absolute atomic E-state index is 5.52. The molecule has 0 aliphatic heterocycles. The molecule has 0 saturated heterocycles. The Hall–Kier alpha value is -0.380. The molecule has 1 aromatic heterocycles. The first-order valence-electron chi connectivity index (χ1n) is 4.85. The quantitative estimate of drug-likeness (QED) is 0.558. The van der Waals surface area contributed by atoms with Crippen LogP contribution in [-0.4, -0.2) is 6.04 Å². The Bertz CT molecular complexity index is 241. The molecule has 72 valence electrons. The van der Waals surface area contributed by atoms with Gasteiger partial charge in [-0.2, -0.15) is 11.3 Å². The van der Waals surface area contributed by atoms with Crippen LogP contribution >= 0.6 is 11.3 Å². The van der Waals surface area contributed by atoms with Crippen LogP contribution in [0.25, 0.3) is 0 Å². The predicted octanol–water partition coefficient (Wildman–Crippen LogP) is 1.92. The summed E-state index contributed by atoms with van der Waals surface area (Å²) < 4.78 is 0. The van der Waals surface area contributed by atoms with Crippen molar-refractivity contribution >= 4 is 11.3 Å². The Morgan fingerprint density at radius 1 is 1.62 bits per heavy atom. The molecular weight excluding hydrogens is 180 g/mol. The summed E-state index contributed by atoms with van der Waals surface area (Å²) in [5.41, 5.74) is 4.33. The van der Waals surface area contributed by atoms with Gasteiger partial charge in [-0.05, 0) is 41.1 Å². The van der Waals surface area contributed by atoms with Gasteiger partial charge in [0.15, 0.2) is 0 Å². The number of hydrazine groups is 1. The molecule has 1 aromatic rings. The van der Waals surface area contributed by atoms with Gasteiger partial charge in [-0.3, -0.25) is 11.3 Å². The van der Waals surface area contributed by atoms with E-state index in [1.165, 1.54) is 24.8 Å². The van der Waals surface area contributed by atoms with E-state index in [0.29, 0.717) is 6.04 Å². The van der Waals surface area contributed by atoms with E-state index >= 15 is 0 Å². The highest BCUT2D eigenvalue weighted by atomic mass is 32.1. The van der Waals surface area contributed by atoms with Gasteiger partial charge in [0, 0.05) is 6.04 Å². The monoisotopic (exact) mass is 196 g/mol. The van der Waals surface area contributed by atoms with Crippen LogP contribution in [-0.2, 0) is 6.42 Å². The molecule has 1 aliphatic rings. The molecule has 1 fully saturated rings. The zero-order valence-electron chi connectivity index (χ0n) is 7.70. The van der Waals surface area contributed by atoms with E-state index in [4.69, 9.17) is 5.84 Å². The molecule has 1 saturated carbocycles. The molecule has 1 aliphatic carbocycles. The first-order valence-corrected chi connectivity index (χ1v) is 5.80. The van der Waals surface area contributed by atoms with Gasteiger partial charge in [0.25, 0.3) is 0 Å². The maximum atomic E-state index is 5.52. The first kappa shape index (κ1) is 9.19. The summed E-state index contributed by atoms with van der Waals surface area (Å²) >= 11 is 1.76.